The topological polar surface area (TPSA) is 69.5 Å². The summed E-state index contributed by atoms with van der Waals surface area (Å²) in [7, 11) is 0. The minimum absolute atomic E-state index is 0.0142. The van der Waals surface area contributed by atoms with E-state index in [0.717, 1.165) is 18.1 Å². The minimum atomic E-state index is -0.0142. The van der Waals surface area contributed by atoms with Crippen molar-refractivity contribution in [2.24, 2.45) is 5.92 Å². The third kappa shape index (κ3) is 4.11. The lowest BCUT2D eigenvalue weighted by Crippen LogP contribution is -2.38. The average molecular weight is 330 g/mol. The Morgan fingerprint density at radius 1 is 1.38 bits per heavy atom. The zero-order valence-corrected chi connectivity index (χ0v) is 13.8. The van der Waals surface area contributed by atoms with Gasteiger partial charge in [-0.05, 0) is 19.1 Å². The molecule has 0 fully saturated rings. The molecule has 0 N–H and O–H groups in total. The normalized spacial score (nSPS) is 17.2. The van der Waals surface area contributed by atoms with E-state index in [2.05, 4.69) is 14.5 Å². The Hall–Kier alpha value is -2.41. The van der Waals surface area contributed by atoms with E-state index in [-0.39, 0.29) is 18.4 Å². The van der Waals surface area contributed by atoms with Crippen molar-refractivity contribution < 1.29 is 14.3 Å². The molecule has 7 heteroatoms. The van der Waals surface area contributed by atoms with Crippen LogP contribution in [0.2, 0.25) is 0 Å². The number of nitrogens with zero attached hydrogens (tertiary/aromatic N) is 4. The van der Waals surface area contributed by atoms with Crippen molar-refractivity contribution in [2.75, 3.05) is 26.4 Å². The number of fused-ring (bicyclic) bond motifs is 1. The summed E-state index contributed by atoms with van der Waals surface area (Å²) in [5.41, 5.74) is 0. The first-order chi connectivity index (χ1) is 11.8. The molecular weight excluding hydrogens is 308 g/mol. The largest absolute Gasteiger partial charge is 0.492 e. The number of amides is 1. The van der Waals surface area contributed by atoms with Crippen molar-refractivity contribution in [1.82, 2.24) is 19.4 Å². The third-order valence-corrected chi connectivity index (χ3v) is 3.97. The first-order valence-electron chi connectivity index (χ1n) is 8.14. The number of carbonyl (C=O) groups is 1. The first kappa shape index (κ1) is 16.4. The van der Waals surface area contributed by atoms with Gasteiger partial charge in [-0.15, -0.1) is 0 Å². The molecular formula is C17H22N4O3. The fourth-order valence-corrected chi connectivity index (χ4v) is 2.76. The number of aromatic nitrogens is 3. The van der Waals surface area contributed by atoms with Crippen molar-refractivity contribution in [2.45, 2.75) is 20.0 Å². The zero-order valence-electron chi connectivity index (χ0n) is 13.8. The van der Waals surface area contributed by atoms with Crippen molar-refractivity contribution in [3.05, 3.63) is 42.7 Å². The van der Waals surface area contributed by atoms with Crippen LogP contribution >= 0.6 is 0 Å². The zero-order chi connectivity index (χ0) is 16.8. The molecule has 1 atom stereocenters. The summed E-state index contributed by atoms with van der Waals surface area (Å²) in [5, 5.41) is 0. The van der Waals surface area contributed by atoms with Gasteiger partial charge in [0.25, 0.3) is 0 Å². The van der Waals surface area contributed by atoms with Crippen molar-refractivity contribution in [3.63, 3.8) is 0 Å². The van der Waals surface area contributed by atoms with Gasteiger partial charge in [0.2, 0.25) is 5.91 Å². The lowest BCUT2D eigenvalue weighted by atomic mass is 10.1. The first-order valence-corrected chi connectivity index (χ1v) is 8.14. The fraction of sp³-hybridized carbons (Fsp3) is 0.471. The van der Waals surface area contributed by atoms with E-state index < -0.39 is 0 Å². The fourth-order valence-electron chi connectivity index (χ4n) is 2.76. The number of carbonyl (C=O) groups excluding carboxylic acids is 1. The van der Waals surface area contributed by atoms with Crippen molar-refractivity contribution in [1.29, 1.82) is 0 Å². The molecule has 0 saturated carbocycles. The SMILES string of the molecule is CCOCC(=O)N1Cc2nccn2C[C@H](COc2cccnc2)C1. The summed E-state index contributed by atoms with van der Waals surface area (Å²) in [5.74, 6) is 1.79. The highest BCUT2D eigenvalue weighted by Gasteiger charge is 2.26. The standard InChI is InChI=1S/C17H22N4O3/c1-2-23-13-17(22)21-10-14(9-20-7-6-19-16(20)11-21)12-24-15-4-3-5-18-8-15/h3-8,14H,2,9-13H2,1H3/t14-/m0/s1. The van der Waals surface area contributed by atoms with Gasteiger partial charge >= 0.3 is 0 Å². The van der Waals surface area contributed by atoms with Crippen LogP contribution in [0.5, 0.6) is 5.75 Å². The molecule has 24 heavy (non-hydrogen) atoms. The molecule has 7 nitrogen and oxygen atoms in total. The number of rotatable bonds is 6. The van der Waals surface area contributed by atoms with E-state index >= 15 is 0 Å². The Balaban J connectivity index is 1.68. The van der Waals surface area contributed by atoms with Crippen LogP contribution in [-0.2, 0) is 22.6 Å². The number of imidazole rings is 1. The van der Waals surface area contributed by atoms with E-state index in [0.29, 0.717) is 26.3 Å². The van der Waals surface area contributed by atoms with E-state index in [1.165, 1.54) is 0 Å². The molecule has 0 saturated heterocycles. The highest BCUT2D eigenvalue weighted by atomic mass is 16.5. The Bertz CT molecular complexity index is 659. The molecule has 0 unspecified atom stereocenters. The van der Waals surface area contributed by atoms with Crippen LogP contribution in [0.3, 0.4) is 0 Å². The van der Waals surface area contributed by atoms with Crippen LogP contribution in [0.15, 0.2) is 36.9 Å². The molecule has 1 aliphatic rings. The number of ether oxygens (including phenoxy) is 2. The van der Waals surface area contributed by atoms with Crippen LogP contribution in [0.25, 0.3) is 0 Å². The monoisotopic (exact) mass is 330 g/mol. The second-order valence-electron chi connectivity index (χ2n) is 5.77. The summed E-state index contributed by atoms with van der Waals surface area (Å²) < 4.78 is 13.2. The molecule has 1 amide bonds. The molecule has 1 aliphatic heterocycles. The third-order valence-electron chi connectivity index (χ3n) is 3.97. The predicted molar refractivity (Wildman–Crippen MR) is 87.4 cm³/mol. The van der Waals surface area contributed by atoms with Crippen LogP contribution in [0, 0.1) is 5.92 Å². The summed E-state index contributed by atoms with van der Waals surface area (Å²) in [6.45, 7) is 4.93. The summed E-state index contributed by atoms with van der Waals surface area (Å²) >= 11 is 0. The van der Waals surface area contributed by atoms with Gasteiger partial charge in [-0.25, -0.2) is 4.98 Å². The summed E-state index contributed by atoms with van der Waals surface area (Å²) in [6, 6.07) is 3.72. The quantitative estimate of drug-likeness (QED) is 0.800. The Morgan fingerprint density at radius 2 is 2.29 bits per heavy atom. The van der Waals surface area contributed by atoms with Crippen LogP contribution in [0.1, 0.15) is 12.7 Å². The predicted octanol–water partition coefficient (Wildman–Crippen LogP) is 1.35. The van der Waals surface area contributed by atoms with Crippen LogP contribution in [0.4, 0.5) is 0 Å². The van der Waals surface area contributed by atoms with Gasteiger partial charge in [0.15, 0.2) is 0 Å². The minimum Gasteiger partial charge on any atom is -0.492 e. The molecule has 0 bridgehead atoms. The molecule has 3 heterocycles. The maximum atomic E-state index is 12.4. The lowest BCUT2D eigenvalue weighted by Gasteiger charge is -2.24. The molecule has 128 valence electrons. The second kappa shape index (κ2) is 7.92. The lowest BCUT2D eigenvalue weighted by molar-refractivity contribution is -0.137. The van der Waals surface area contributed by atoms with Gasteiger partial charge in [-0.2, -0.15) is 0 Å². The van der Waals surface area contributed by atoms with Crippen molar-refractivity contribution in [3.8, 4) is 5.75 Å². The van der Waals surface area contributed by atoms with E-state index in [1.54, 1.807) is 23.5 Å². The Morgan fingerprint density at radius 3 is 3.08 bits per heavy atom. The number of pyridine rings is 1. The van der Waals surface area contributed by atoms with Gasteiger partial charge in [0.1, 0.15) is 18.2 Å². The number of hydrogen-bond donors (Lipinski definition) is 0. The van der Waals surface area contributed by atoms with Crippen molar-refractivity contribution >= 4 is 5.91 Å². The Kier molecular flexibility index (Phi) is 5.43. The van der Waals surface area contributed by atoms with Gasteiger partial charge in [0.05, 0.1) is 19.3 Å². The maximum absolute atomic E-state index is 12.4. The molecule has 0 aliphatic carbocycles. The van der Waals surface area contributed by atoms with Crippen LogP contribution < -0.4 is 4.74 Å². The molecule has 0 aromatic carbocycles. The van der Waals surface area contributed by atoms with Gasteiger partial charge in [0, 0.05) is 44.2 Å². The molecule has 2 aromatic heterocycles. The van der Waals surface area contributed by atoms with Gasteiger partial charge in [-0.3, -0.25) is 9.78 Å². The van der Waals surface area contributed by atoms with Gasteiger partial charge in [-0.1, -0.05) is 0 Å². The van der Waals surface area contributed by atoms with Gasteiger partial charge < -0.3 is 18.9 Å². The van der Waals surface area contributed by atoms with E-state index in [4.69, 9.17) is 9.47 Å². The van der Waals surface area contributed by atoms with Crippen LogP contribution in [-0.4, -0.2) is 51.7 Å². The number of hydrogen-bond acceptors (Lipinski definition) is 5. The smallest absolute Gasteiger partial charge is 0.248 e. The van der Waals surface area contributed by atoms with E-state index in [1.807, 2.05) is 25.3 Å². The average Bonchev–Trinajstić information content (AvgIpc) is 2.96. The molecule has 0 radical (unpaired) electrons. The second-order valence-corrected chi connectivity index (χ2v) is 5.77. The Labute approximate surface area is 141 Å². The highest BCUT2D eigenvalue weighted by Crippen LogP contribution is 2.17. The molecule has 0 spiro atoms. The van der Waals surface area contributed by atoms with E-state index in [9.17, 15) is 4.79 Å². The maximum Gasteiger partial charge on any atom is 0.248 e. The highest BCUT2D eigenvalue weighted by molar-refractivity contribution is 5.77. The molecule has 2 aromatic rings. The summed E-state index contributed by atoms with van der Waals surface area (Å²) in [6.07, 6.45) is 7.12. The molecule has 3 rings (SSSR count). The summed E-state index contributed by atoms with van der Waals surface area (Å²) in [4.78, 5) is 22.6.